The van der Waals surface area contributed by atoms with Crippen LogP contribution < -0.4 is 10.1 Å². The molecule has 7 heteroatoms. The van der Waals surface area contributed by atoms with Crippen molar-refractivity contribution in [2.24, 2.45) is 0 Å². The van der Waals surface area contributed by atoms with Crippen LogP contribution in [0.15, 0.2) is 12.1 Å². The predicted molar refractivity (Wildman–Crippen MR) is 83.4 cm³/mol. The lowest BCUT2D eigenvalue weighted by Crippen LogP contribution is -2.28. The maximum absolute atomic E-state index is 14.0. The van der Waals surface area contributed by atoms with Crippen molar-refractivity contribution in [2.45, 2.75) is 40.2 Å². The van der Waals surface area contributed by atoms with E-state index in [0.717, 1.165) is 6.07 Å². The maximum atomic E-state index is 14.0. The first-order valence-electron chi connectivity index (χ1n) is 7.32. The normalized spacial score (nSPS) is 10.9. The maximum Gasteiger partial charge on any atom is 0.412 e. The Kier molecular flexibility index (Phi) is 6.36. The van der Waals surface area contributed by atoms with Gasteiger partial charge in [0, 0.05) is 0 Å². The van der Waals surface area contributed by atoms with Crippen LogP contribution >= 0.6 is 0 Å². The van der Waals surface area contributed by atoms with Gasteiger partial charge in [-0.25, -0.2) is 14.0 Å². The lowest BCUT2D eigenvalue weighted by atomic mass is 10.1. The molecule has 0 aromatic heterocycles. The van der Waals surface area contributed by atoms with Crippen molar-refractivity contribution in [3.05, 3.63) is 23.5 Å². The second-order valence-corrected chi connectivity index (χ2v) is 5.58. The molecule has 1 N–H and O–H groups in total. The highest BCUT2D eigenvalue weighted by atomic mass is 19.1. The van der Waals surface area contributed by atoms with Crippen LogP contribution in [-0.2, 0) is 9.47 Å². The highest BCUT2D eigenvalue weighted by molar-refractivity contribution is 6.01. The summed E-state index contributed by atoms with van der Waals surface area (Å²) in [6, 6.07) is 2.31. The molecule has 0 aliphatic carbocycles. The molecule has 0 aliphatic rings. The number of hydrogen-bond donors (Lipinski definition) is 1. The molecular formula is C16H22FNO5. The summed E-state index contributed by atoms with van der Waals surface area (Å²) in [6.45, 7) is 8.67. The van der Waals surface area contributed by atoms with Crippen molar-refractivity contribution in [3.8, 4) is 5.75 Å². The molecule has 1 rings (SSSR count). The molecule has 23 heavy (non-hydrogen) atoms. The number of halogens is 1. The number of benzene rings is 1. The number of amides is 1. The Morgan fingerprint density at radius 3 is 2.35 bits per heavy atom. The second-order valence-electron chi connectivity index (χ2n) is 5.58. The molecule has 0 spiro atoms. The number of nitrogens with one attached hydrogen (secondary N) is 1. The number of hydrogen-bond acceptors (Lipinski definition) is 5. The van der Waals surface area contributed by atoms with Gasteiger partial charge in [-0.3, -0.25) is 5.32 Å². The van der Waals surface area contributed by atoms with Crippen molar-refractivity contribution in [3.63, 3.8) is 0 Å². The molecule has 6 nitrogen and oxygen atoms in total. The largest absolute Gasteiger partial charge is 0.489 e. The average Bonchev–Trinajstić information content (AvgIpc) is 2.41. The van der Waals surface area contributed by atoms with Crippen LogP contribution in [0.4, 0.5) is 14.9 Å². The standard InChI is InChI=1S/C16H22FNO5/c1-6-21-13-11(17)9-8-10(14(19)22-7-2)12(13)18-15(20)23-16(3,4)5/h8-9H,6-7H2,1-5H3,(H,18,20). The van der Waals surface area contributed by atoms with Crippen molar-refractivity contribution < 1.29 is 28.2 Å². The van der Waals surface area contributed by atoms with Crippen LogP contribution in [0.3, 0.4) is 0 Å². The van der Waals surface area contributed by atoms with Gasteiger partial charge >= 0.3 is 12.1 Å². The van der Waals surface area contributed by atoms with E-state index in [0.29, 0.717) is 0 Å². The molecule has 1 amide bonds. The number of esters is 1. The molecule has 1 aromatic rings. The molecule has 0 heterocycles. The number of carbonyl (C=O) groups is 2. The SMILES string of the molecule is CCOC(=O)c1ccc(F)c(OCC)c1NC(=O)OC(C)(C)C. The van der Waals surface area contributed by atoms with Crippen LogP contribution in [0.5, 0.6) is 5.75 Å². The Bertz CT molecular complexity index is 581. The van der Waals surface area contributed by atoms with Gasteiger partial charge in [0.15, 0.2) is 11.6 Å². The fourth-order valence-electron chi connectivity index (χ4n) is 1.75. The zero-order chi connectivity index (χ0) is 17.6. The van der Waals surface area contributed by atoms with E-state index < -0.39 is 23.5 Å². The first kappa shape index (κ1) is 18.7. The van der Waals surface area contributed by atoms with E-state index in [1.807, 2.05) is 0 Å². The molecule has 0 fully saturated rings. The molecular weight excluding hydrogens is 305 g/mol. The minimum absolute atomic E-state index is 0.0115. The van der Waals surface area contributed by atoms with Gasteiger partial charge in [-0.1, -0.05) is 0 Å². The molecule has 0 bridgehead atoms. The van der Waals surface area contributed by atoms with E-state index in [1.165, 1.54) is 6.07 Å². The van der Waals surface area contributed by atoms with Crippen molar-refractivity contribution >= 4 is 17.7 Å². The highest BCUT2D eigenvalue weighted by Crippen LogP contribution is 2.33. The fraction of sp³-hybridized carbons (Fsp3) is 0.500. The van der Waals surface area contributed by atoms with Crippen LogP contribution in [-0.4, -0.2) is 30.9 Å². The third-order valence-electron chi connectivity index (χ3n) is 2.52. The second kappa shape index (κ2) is 7.80. The Hall–Kier alpha value is -2.31. The van der Waals surface area contributed by atoms with Crippen LogP contribution in [0.25, 0.3) is 0 Å². The Labute approximate surface area is 134 Å². The van der Waals surface area contributed by atoms with Crippen molar-refractivity contribution in [1.82, 2.24) is 0 Å². The molecule has 1 aromatic carbocycles. The third-order valence-corrected chi connectivity index (χ3v) is 2.52. The van der Waals surface area contributed by atoms with Crippen LogP contribution in [0, 0.1) is 5.82 Å². The summed E-state index contributed by atoms with van der Waals surface area (Å²) in [6.07, 6.45) is -0.824. The predicted octanol–water partition coefficient (Wildman–Crippen LogP) is 3.75. The number of anilines is 1. The quantitative estimate of drug-likeness (QED) is 0.834. The lowest BCUT2D eigenvalue weighted by Gasteiger charge is -2.21. The summed E-state index contributed by atoms with van der Waals surface area (Å²) < 4.78 is 29.2. The van der Waals surface area contributed by atoms with Gasteiger partial charge in [0.25, 0.3) is 0 Å². The molecule has 0 unspecified atom stereocenters. The van der Waals surface area contributed by atoms with E-state index in [9.17, 15) is 14.0 Å². The van der Waals surface area contributed by atoms with Crippen molar-refractivity contribution in [2.75, 3.05) is 18.5 Å². The number of ether oxygens (including phenoxy) is 3. The van der Waals surface area contributed by atoms with E-state index in [2.05, 4.69) is 5.32 Å². The van der Waals surface area contributed by atoms with Crippen LogP contribution in [0.1, 0.15) is 45.0 Å². The van der Waals surface area contributed by atoms with Gasteiger partial charge in [0.1, 0.15) is 11.3 Å². The topological polar surface area (TPSA) is 73.9 Å². The first-order chi connectivity index (χ1) is 10.7. The van der Waals surface area contributed by atoms with Gasteiger partial charge in [0.05, 0.1) is 18.8 Å². The summed E-state index contributed by atoms with van der Waals surface area (Å²) in [5.74, 6) is -1.63. The minimum atomic E-state index is -0.824. The smallest absolute Gasteiger partial charge is 0.412 e. The number of rotatable bonds is 5. The van der Waals surface area contributed by atoms with Gasteiger partial charge in [-0.05, 0) is 46.8 Å². The molecule has 0 radical (unpaired) electrons. The summed E-state index contributed by atoms with van der Waals surface area (Å²) >= 11 is 0. The van der Waals surface area contributed by atoms with Gasteiger partial charge in [0.2, 0.25) is 0 Å². The molecule has 0 saturated heterocycles. The summed E-state index contributed by atoms with van der Waals surface area (Å²) in [7, 11) is 0. The van der Waals surface area contributed by atoms with Crippen molar-refractivity contribution in [1.29, 1.82) is 0 Å². The Morgan fingerprint density at radius 2 is 1.83 bits per heavy atom. The Morgan fingerprint density at radius 1 is 1.17 bits per heavy atom. The average molecular weight is 327 g/mol. The van der Waals surface area contributed by atoms with E-state index in [4.69, 9.17) is 14.2 Å². The van der Waals surface area contributed by atoms with E-state index in [-0.39, 0.29) is 30.2 Å². The van der Waals surface area contributed by atoms with Gasteiger partial charge < -0.3 is 14.2 Å². The fourth-order valence-corrected chi connectivity index (χ4v) is 1.75. The molecule has 0 atom stereocenters. The third kappa shape index (κ3) is 5.43. The molecule has 0 saturated carbocycles. The lowest BCUT2D eigenvalue weighted by molar-refractivity contribution is 0.0527. The summed E-state index contributed by atoms with van der Waals surface area (Å²) in [4.78, 5) is 24.0. The number of carbonyl (C=O) groups excluding carboxylic acids is 2. The van der Waals surface area contributed by atoms with Crippen LogP contribution in [0.2, 0.25) is 0 Å². The first-order valence-corrected chi connectivity index (χ1v) is 7.32. The van der Waals surface area contributed by atoms with E-state index in [1.54, 1.807) is 34.6 Å². The monoisotopic (exact) mass is 327 g/mol. The highest BCUT2D eigenvalue weighted by Gasteiger charge is 2.24. The summed E-state index contributed by atoms with van der Waals surface area (Å²) in [5, 5.41) is 2.37. The molecule has 128 valence electrons. The zero-order valence-corrected chi connectivity index (χ0v) is 14.0. The minimum Gasteiger partial charge on any atom is -0.489 e. The summed E-state index contributed by atoms with van der Waals surface area (Å²) in [5.41, 5.74) is -0.866. The molecule has 0 aliphatic heterocycles. The van der Waals surface area contributed by atoms with Gasteiger partial charge in [-0.2, -0.15) is 0 Å². The van der Waals surface area contributed by atoms with Gasteiger partial charge in [-0.15, -0.1) is 0 Å². The zero-order valence-electron chi connectivity index (χ0n) is 14.0. The van der Waals surface area contributed by atoms with E-state index >= 15 is 0 Å². The Balaban J connectivity index is 3.25.